The Morgan fingerprint density at radius 2 is 1.48 bits per heavy atom. The maximum Gasteiger partial charge on any atom is 0.315 e. The highest BCUT2D eigenvalue weighted by Gasteiger charge is 2.22. The van der Waals surface area contributed by atoms with Crippen LogP contribution in [0.1, 0.15) is 27.7 Å². The van der Waals surface area contributed by atoms with Crippen molar-refractivity contribution in [2.45, 2.75) is 27.7 Å². The molecule has 7 nitrogen and oxygen atoms in total. The minimum atomic E-state index is -0.333. The molecule has 0 spiro atoms. The fraction of sp³-hybridized carbons (Fsp3) is 0.786. The highest BCUT2D eigenvalue weighted by molar-refractivity contribution is 5.84. The third-order valence-electron chi connectivity index (χ3n) is 3.26. The van der Waals surface area contributed by atoms with E-state index < -0.39 is 0 Å². The van der Waals surface area contributed by atoms with Crippen molar-refractivity contribution in [3.8, 4) is 0 Å². The van der Waals surface area contributed by atoms with Gasteiger partial charge < -0.3 is 20.4 Å². The summed E-state index contributed by atoms with van der Waals surface area (Å²) >= 11 is 0. The number of carbonyl (C=O) groups is 3. The van der Waals surface area contributed by atoms with Crippen molar-refractivity contribution in [1.82, 2.24) is 20.4 Å². The van der Waals surface area contributed by atoms with E-state index in [1.165, 1.54) is 6.92 Å². The zero-order valence-corrected chi connectivity index (χ0v) is 13.4. The van der Waals surface area contributed by atoms with Crippen LogP contribution in [-0.4, -0.2) is 66.9 Å². The molecule has 120 valence electrons. The summed E-state index contributed by atoms with van der Waals surface area (Å²) in [5.41, 5.74) is 0.00433. The Kier molecular flexibility index (Phi) is 5.99. The number of amides is 4. The molecule has 7 heteroatoms. The molecule has 4 amide bonds. The van der Waals surface area contributed by atoms with Crippen LogP contribution in [0.5, 0.6) is 0 Å². The van der Waals surface area contributed by atoms with E-state index in [1.54, 1.807) is 9.80 Å². The quantitative estimate of drug-likeness (QED) is 0.771. The Morgan fingerprint density at radius 1 is 0.952 bits per heavy atom. The van der Waals surface area contributed by atoms with Crippen molar-refractivity contribution in [2.75, 3.05) is 39.3 Å². The third-order valence-corrected chi connectivity index (χ3v) is 3.26. The van der Waals surface area contributed by atoms with Crippen molar-refractivity contribution in [1.29, 1.82) is 0 Å². The smallest absolute Gasteiger partial charge is 0.315 e. The molecule has 1 saturated heterocycles. The van der Waals surface area contributed by atoms with Gasteiger partial charge in [0.25, 0.3) is 0 Å². The number of nitrogens with zero attached hydrogens (tertiary/aromatic N) is 2. The van der Waals surface area contributed by atoms with E-state index >= 15 is 0 Å². The zero-order valence-electron chi connectivity index (χ0n) is 13.4. The molecule has 1 aliphatic heterocycles. The van der Waals surface area contributed by atoms with Crippen LogP contribution in [-0.2, 0) is 9.59 Å². The molecule has 2 N–H and O–H groups in total. The highest BCUT2D eigenvalue weighted by Crippen LogP contribution is 2.09. The number of rotatable bonds is 3. The van der Waals surface area contributed by atoms with Crippen molar-refractivity contribution in [2.24, 2.45) is 5.41 Å². The predicted molar refractivity (Wildman–Crippen MR) is 79.7 cm³/mol. The lowest BCUT2D eigenvalue weighted by Crippen LogP contribution is -2.53. The van der Waals surface area contributed by atoms with E-state index in [4.69, 9.17) is 0 Å². The first kappa shape index (κ1) is 17.3. The number of urea groups is 1. The van der Waals surface area contributed by atoms with Gasteiger partial charge in [-0.3, -0.25) is 9.59 Å². The largest absolute Gasteiger partial charge is 0.339 e. The van der Waals surface area contributed by atoms with E-state index in [0.717, 1.165) is 0 Å². The number of hydrogen-bond acceptors (Lipinski definition) is 3. The fourth-order valence-electron chi connectivity index (χ4n) is 1.95. The Balaban J connectivity index is 2.25. The summed E-state index contributed by atoms with van der Waals surface area (Å²) in [5.74, 6) is -0.0918. The number of carbonyl (C=O) groups excluding carboxylic acids is 3. The summed E-state index contributed by atoms with van der Waals surface area (Å²) in [5, 5.41) is 5.29. The predicted octanol–water partition coefficient (Wildman–Crippen LogP) is 0.0224. The third kappa shape index (κ3) is 6.46. The summed E-state index contributed by atoms with van der Waals surface area (Å²) in [4.78, 5) is 38.1. The average Bonchev–Trinajstić information content (AvgIpc) is 2.41. The van der Waals surface area contributed by atoms with E-state index in [-0.39, 0.29) is 29.8 Å². The first-order valence-electron chi connectivity index (χ1n) is 7.24. The van der Waals surface area contributed by atoms with Gasteiger partial charge in [0, 0.05) is 39.6 Å². The number of nitrogens with one attached hydrogen (secondary N) is 2. The van der Waals surface area contributed by atoms with Crippen LogP contribution >= 0.6 is 0 Å². The summed E-state index contributed by atoms with van der Waals surface area (Å²) < 4.78 is 0. The zero-order chi connectivity index (χ0) is 16.0. The normalized spacial score (nSPS) is 15.6. The Bertz CT molecular complexity index is 396. The summed E-state index contributed by atoms with van der Waals surface area (Å²) in [6, 6.07) is -0.333. The van der Waals surface area contributed by atoms with Crippen LogP contribution in [0.2, 0.25) is 0 Å². The van der Waals surface area contributed by atoms with Gasteiger partial charge in [0.2, 0.25) is 11.8 Å². The second-order valence-electron chi connectivity index (χ2n) is 6.48. The number of piperazine rings is 1. The summed E-state index contributed by atoms with van der Waals surface area (Å²) in [6.45, 7) is 10.3. The van der Waals surface area contributed by atoms with Gasteiger partial charge >= 0.3 is 6.03 Å². The lowest BCUT2D eigenvalue weighted by atomic mass is 9.97. The van der Waals surface area contributed by atoms with Gasteiger partial charge in [-0.25, -0.2) is 4.79 Å². The topological polar surface area (TPSA) is 81.8 Å². The van der Waals surface area contributed by atoms with Crippen molar-refractivity contribution in [3.05, 3.63) is 0 Å². The van der Waals surface area contributed by atoms with Gasteiger partial charge in [0.05, 0.1) is 6.54 Å². The molecule has 1 aliphatic rings. The second-order valence-corrected chi connectivity index (χ2v) is 6.48. The highest BCUT2D eigenvalue weighted by atomic mass is 16.2. The van der Waals surface area contributed by atoms with Crippen molar-refractivity contribution >= 4 is 17.8 Å². The molecule has 1 heterocycles. The van der Waals surface area contributed by atoms with Gasteiger partial charge in [-0.1, -0.05) is 20.8 Å². The monoisotopic (exact) mass is 298 g/mol. The SMILES string of the molecule is CC(=O)N1CCN(C(=O)CNC(=O)NCC(C)(C)C)CC1. The molecule has 1 rings (SSSR count). The van der Waals surface area contributed by atoms with Crippen LogP contribution in [0.25, 0.3) is 0 Å². The van der Waals surface area contributed by atoms with Gasteiger partial charge in [0.1, 0.15) is 0 Å². The molecule has 0 saturated carbocycles. The number of hydrogen-bond donors (Lipinski definition) is 2. The summed E-state index contributed by atoms with van der Waals surface area (Å²) in [7, 11) is 0. The molecule has 21 heavy (non-hydrogen) atoms. The minimum Gasteiger partial charge on any atom is -0.339 e. The first-order chi connectivity index (χ1) is 9.69. The van der Waals surface area contributed by atoms with Gasteiger partial charge in [-0.05, 0) is 5.41 Å². The fourth-order valence-corrected chi connectivity index (χ4v) is 1.95. The average molecular weight is 298 g/mol. The molecular weight excluding hydrogens is 272 g/mol. The molecule has 0 aromatic heterocycles. The Hall–Kier alpha value is -1.79. The van der Waals surface area contributed by atoms with E-state index in [0.29, 0.717) is 32.7 Å². The standard InChI is InChI=1S/C14H26N4O3/c1-11(19)17-5-7-18(8-6-17)12(20)9-15-13(21)16-10-14(2,3)4/h5-10H2,1-4H3,(H2,15,16,21). The van der Waals surface area contributed by atoms with Crippen LogP contribution in [0.4, 0.5) is 4.79 Å². The Morgan fingerprint density at radius 3 is 1.95 bits per heavy atom. The lowest BCUT2D eigenvalue weighted by Gasteiger charge is -2.34. The Labute approximate surface area is 126 Å². The molecular formula is C14H26N4O3. The van der Waals surface area contributed by atoms with Crippen LogP contribution in [0.15, 0.2) is 0 Å². The van der Waals surface area contributed by atoms with E-state index in [1.807, 2.05) is 20.8 Å². The molecule has 0 aromatic rings. The van der Waals surface area contributed by atoms with Crippen LogP contribution in [0.3, 0.4) is 0 Å². The van der Waals surface area contributed by atoms with Gasteiger partial charge in [-0.2, -0.15) is 0 Å². The molecule has 0 radical (unpaired) electrons. The van der Waals surface area contributed by atoms with Gasteiger partial charge in [0.15, 0.2) is 0 Å². The van der Waals surface area contributed by atoms with Gasteiger partial charge in [-0.15, -0.1) is 0 Å². The van der Waals surface area contributed by atoms with Crippen LogP contribution < -0.4 is 10.6 Å². The molecule has 0 aliphatic carbocycles. The molecule has 0 bridgehead atoms. The van der Waals surface area contributed by atoms with Crippen molar-refractivity contribution < 1.29 is 14.4 Å². The lowest BCUT2D eigenvalue weighted by molar-refractivity contribution is -0.137. The molecule has 0 aromatic carbocycles. The maximum absolute atomic E-state index is 12.0. The first-order valence-corrected chi connectivity index (χ1v) is 7.24. The van der Waals surface area contributed by atoms with E-state index in [2.05, 4.69) is 10.6 Å². The minimum absolute atomic E-state index is 0.00433. The van der Waals surface area contributed by atoms with Crippen LogP contribution in [0, 0.1) is 5.41 Å². The summed E-state index contributed by atoms with van der Waals surface area (Å²) in [6.07, 6.45) is 0. The molecule has 0 unspecified atom stereocenters. The maximum atomic E-state index is 12.0. The van der Waals surface area contributed by atoms with E-state index in [9.17, 15) is 14.4 Å². The second kappa shape index (κ2) is 7.28. The molecule has 0 atom stereocenters. The molecule has 1 fully saturated rings. The van der Waals surface area contributed by atoms with Crippen molar-refractivity contribution in [3.63, 3.8) is 0 Å².